The van der Waals surface area contributed by atoms with E-state index in [1.165, 1.54) is 5.56 Å². The number of rotatable bonds is 5. The maximum atomic E-state index is 10.3. The molecule has 4 unspecified atom stereocenters. The van der Waals surface area contributed by atoms with E-state index in [0.717, 1.165) is 24.4 Å². The van der Waals surface area contributed by atoms with Crippen LogP contribution in [-0.4, -0.2) is 30.3 Å². The van der Waals surface area contributed by atoms with Gasteiger partial charge in [0, 0.05) is 23.1 Å². The topological polar surface area (TPSA) is 65.5 Å². The van der Waals surface area contributed by atoms with Gasteiger partial charge in [-0.3, -0.25) is 5.32 Å². The number of hydrogen-bond donors (Lipinski definition) is 4. The van der Waals surface area contributed by atoms with E-state index in [1.807, 2.05) is 18.2 Å². The second-order valence-electron chi connectivity index (χ2n) is 8.18. The molecule has 0 spiro atoms. The fourth-order valence-electron chi connectivity index (χ4n) is 4.42. The van der Waals surface area contributed by atoms with Gasteiger partial charge in [0.15, 0.2) is 0 Å². The largest absolute Gasteiger partial charge is 0.447 e. The Balaban J connectivity index is 1.40. The third-order valence-electron chi connectivity index (χ3n) is 6.11. The standard InChI is InChI=1S/C21H29N3O2/c1-13(2)14-4-6-15(7-5-14)23-20(25)26-16-8-9-18-17(12-16)21(3)10-11-22-19(21)24-18/h4-9,12-13,17-20,22-25H,10-11H2,1-3H3/t17?,18?,19?,20?,21-/m0/s1. The van der Waals surface area contributed by atoms with Crippen molar-refractivity contribution in [1.29, 1.82) is 0 Å². The van der Waals surface area contributed by atoms with Gasteiger partial charge in [0.25, 0.3) is 6.41 Å². The lowest BCUT2D eigenvalue weighted by Gasteiger charge is -2.31. The Bertz CT molecular complexity index is 712. The highest BCUT2D eigenvalue weighted by atomic mass is 16.6. The first-order chi connectivity index (χ1) is 12.5. The second-order valence-corrected chi connectivity index (χ2v) is 8.18. The first-order valence-electron chi connectivity index (χ1n) is 9.56. The number of benzene rings is 1. The number of anilines is 1. The van der Waals surface area contributed by atoms with Gasteiger partial charge in [-0.25, -0.2) is 0 Å². The smallest absolute Gasteiger partial charge is 0.279 e. The van der Waals surface area contributed by atoms with Crippen LogP contribution in [0.15, 0.2) is 48.3 Å². The van der Waals surface area contributed by atoms with Gasteiger partial charge in [-0.2, -0.15) is 0 Å². The van der Waals surface area contributed by atoms with Gasteiger partial charge in [-0.15, -0.1) is 0 Å². The summed E-state index contributed by atoms with van der Waals surface area (Å²) >= 11 is 0. The molecule has 2 fully saturated rings. The van der Waals surface area contributed by atoms with Crippen molar-refractivity contribution in [3.63, 3.8) is 0 Å². The van der Waals surface area contributed by atoms with Crippen LogP contribution in [0.2, 0.25) is 0 Å². The lowest BCUT2D eigenvalue weighted by Crippen LogP contribution is -2.40. The molecule has 2 heterocycles. The van der Waals surface area contributed by atoms with Crippen molar-refractivity contribution in [2.75, 3.05) is 11.9 Å². The molecular weight excluding hydrogens is 326 g/mol. The summed E-state index contributed by atoms with van der Waals surface area (Å²) < 4.78 is 5.75. The van der Waals surface area contributed by atoms with E-state index >= 15 is 0 Å². The van der Waals surface area contributed by atoms with E-state index < -0.39 is 6.41 Å². The Labute approximate surface area is 155 Å². The molecule has 0 saturated carbocycles. The van der Waals surface area contributed by atoms with Crippen molar-refractivity contribution in [2.45, 2.75) is 51.7 Å². The van der Waals surface area contributed by atoms with Crippen LogP contribution in [-0.2, 0) is 4.74 Å². The Morgan fingerprint density at radius 3 is 2.77 bits per heavy atom. The fraction of sp³-hybridized carbons (Fsp3) is 0.524. The predicted molar refractivity (Wildman–Crippen MR) is 103 cm³/mol. The molecule has 5 heteroatoms. The maximum Gasteiger partial charge on any atom is 0.279 e. The number of aliphatic hydroxyl groups excluding tert-OH is 1. The minimum absolute atomic E-state index is 0.190. The van der Waals surface area contributed by atoms with E-state index in [2.05, 4.69) is 61.0 Å². The van der Waals surface area contributed by atoms with Crippen molar-refractivity contribution in [1.82, 2.24) is 10.6 Å². The molecule has 0 radical (unpaired) electrons. The van der Waals surface area contributed by atoms with Crippen LogP contribution in [0, 0.1) is 11.3 Å². The molecule has 4 N–H and O–H groups in total. The molecule has 5 nitrogen and oxygen atoms in total. The first-order valence-corrected chi connectivity index (χ1v) is 9.56. The van der Waals surface area contributed by atoms with Gasteiger partial charge >= 0.3 is 0 Å². The summed E-state index contributed by atoms with van der Waals surface area (Å²) in [6.07, 6.45) is 6.68. The van der Waals surface area contributed by atoms with Crippen molar-refractivity contribution in [3.05, 3.63) is 53.8 Å². The lowest BCUT2D eigenvalue weighted by atomic mass is 9.73. The molecular formula is C21H29N3O2. The first kappa shape index (κ1) is 17.6. The second kappa shape index (κ2) is 6.72. The van der Waals surface area contributed by atoms with Crippen LogP contribution < -0.4 is 16.0 Å². The van der Waals surface area contributed by atoms with Gasteiger partial charge in [0.2, 0.25) is 0 Å². The molecule has 5 atom stereocenters. The minimum atomic E-state index is -1.08. The quantitative estimate of drug-likeness (QED) is 0.612. The Kier molecular flexibility index (Phi) is 4.55. The Hall–Kier alpha value is -1.82. The zero-order chi connectivity index (χ0) is 18.3. The number of aliphatic hydroxyl groups is 1. The van der Waals surface area contributed by atoms with E-state index in [-0.39, 0.29) is 5.41 Å². The van der Waals surface area contributed by atoms with Crippen LogP contribution >= 0.6 is 0 Å². The molecule has 140 valence electrons. The highest BCUT2D eigenvalue weighted by molar-refractivity contribution is 5.45. The van der Waals surface area contributed by atoms with E-state index in [4.69, 9.17) is 4.74 Å². The number of fused-ring (bicyclic) bond motifs is 3. The van der Waals surface area contributed by atoms with Gasteiger partial charge in [-0.05, 0) is 48.7 Å². The summed E-state index contributed by atoms with van der Waals surface area (Å²) in [7, 11) is 0. The minimum Gasteiger partial charge on any atom is -0.447 e. The monoisotopic (exact) mass is 355 g/mol. The zero-order valence-corrected chi connectivity index (χ0v) is 15.7. The third kappa shape index (κ3) is 3.15. The third-order valence-corrected chi connectivity index (χ3v) is 6.11. The fourth-order valence-corrected chi connectivity index (χ4v) is 4.42. The summed E-state index contributed by atoms with van der Waals surface area (Å²) in [5, 5.41) is 20.5. The molecule has 0 bridgehead atoms. The summed E-state index contributed by atoms with van der Waals surface area (Å²) in [4.78, 5) is 0. The van der Waals surface area contributed by atoms with Gasteiger partial charge in [-0.1, -0.05) is 39.0 Å². The number of allylic oxidation sites excluding steroid dienone is 1. The van der Waals surface area contributed by atoms with Gasteiger partial charge < -0.3 is 20.5 Å². The molecule has 0 aromatic heterocycles. The molecule has 2 saturated heterocycles. The molecule has 2 aliphatic heterocycles. The van der Waals surface area contributed by atoms with E-state index in [9.17, 15) is 5.11 Å². The van der Waals surface area contributed by atoms with Gasteiger partial charge in [0.05, 0.1) is 6.17 Å². The molecule has 3 aliphatic rings. The van der Waals surface area contributed by atoms with Crippen molar-refractivity contribution in [2.24, 2.45) is 11.3 Å². The average Bonchev–Trinajstić information content (AvgIpc) is 3.09. The van der Waals surface area contributed by atoms with Crippen molar-refractivity contribution in [3.8, 4) is 0 Å². The Morgan fingerprint density at radius 1 is 1.27 bits per heavy atom. The van der Waals surface area contributed by atoms with Crippen molar-refractivity contribution < 1.29 is 9.84 Å². The van der Waals surface area contributed by atoms with Crippen molar-refractivity contribution >= 4 is 5.69 Å². The molecule has 1 aliphatic carbocycles. The summed E-state index contributed by atoms with van der Waals surface area (Å²) in [6, 6.07) is 8.42. The molecule has 0 amide bonds. The summed E-state index contributed by atoms with van der Waals surface area (Å²) in [6.45, 7) is 7.70. The normalized spacial score (nSPS) is 33.6. The van der Waals surface area contributed by atoms with Crippen LogP contribution in [0.1, 0.15) is 38.7 Å². The van der Waals surface area contributed by atoms with E-state index in [0.29, 0.717) is 24.0 Å². The predicted octanol–water partition coefficient (Wildman–Crippen LogP) is 2.88. The SMILES string of the molecule is CC(C)c1ccc(NC(O)OC2=CC3C(C=C2)NC2NCC[C@]23C)cc1. The lowest BCUT2D eigenvalue weighted by molar-refractivity contribution is -0.0388. The maximum absolute atomic E-state index is 10.3. The van der Waals surface area contributed by atoms with Crippen LogP contribution in [0.25, 0.3) is 0 Å². The van der Waals surface area contributed by atoms with E-state index in [1.54, 1.807) is 0 Å². The number of nitrogens with one attached hydrogen (secondary N) is 3. The molecule has 26 heavy (non-hydrogen) atoms. The highest BCUT2D eigenvalue weighted by Crippen LogP contribution is 2.47. The van der Waals surface area contributed by atoms with Crippen LogP contribution in [0.5, 0.6) is 0 Å². The number of ether oxygens (including phenoxy) is 1. The molecule has 1 aromatic rings. The Morgan fingerprint density at radius 2 is 2.04 bits per heavy atom. The summed E-state index contributed by atoms with van der Waals surface area (Å²) in [5.74, 6) is 1.59. The van der Waals surface area contributed by atoms with Gasteiger partial charge in [0.1, 0.15) is 5.76 Å². The van der Waals surface area contributed by atoms with Crippen LogP contribution in [0.3, 0.4) is 0 Å². The zero-order valence-electron chi connectivity index (χ0n) is 15.7. The summed E-state index contributed by atoms with van der Waals surface area (Å²) in [5.41, 5.74) is 2.31. The average molecular weight is 355 g/mol. The van der Waals surface area contributed by atoms with Crippen LogP contribution in [0.4, 0.5) is 5.69 Å². The highest BCUT2D eigenvalue weighted by Gasteiger charge is 2.53. The molecule has 1 aromatic carbocycles. The molecule has 4 rings (SSSR count). The number of hydrogen-bond acceptors (Lipinski definition) is 5.